The third-order valence-electron chi connectivity index (χ3n) is 5.72. The molecule has 5 nitrogen and oxygen atoms in total. The van der Waals surface area contributed by atoms with Gasteiger partial charge in [-0.1, -0.05) is 27.2 Å². The molecule has 4 aromatic heterocycles. The van der Waals surface area contributed by atoms with Crippen molar-refractivity contribution in [3.63, 3.8) is 0 Å². The standard InChI is InChI=1S/C24H29N5S/c1-6-9-18-11-21(19-12-25-14-26-13-19)30-23(18)22-16(5)27-24-20(17(7-2)8-3)10-15(4)28-29(22)24/h10-14,17H,6-9H2,1-5H3. The minimum absolute atomic E-state index is 0.499. The van der Waals surface area contributed by atoms with Crippen LogP contribution in [0.25, 0.3) is 26.7 Å². The monoisotopic (exact) mass is 419 g/mol. The molecule has 156 valence electrons. The molecule has 0 atom stereocenters. The van der Waals surface area contributed by atoms with E-state index in [-0.39, 0.29) is 0 Å². The Morgan fingerprint density at radius 3 is 2.43 bits per heavy atom. The Balaban J connectivity index is 1.95. The van der Waals surface area contributed by atoms with Gasteiger partial charge in [-0.25, -0.2) is 19.5 Å². The second-order valence-corrected chi connectivity index (χ2v) is 8.93. The number of imidazole rings is 1. The molecule has 0 unspecified atom stereocenters. The van der Waals surface area contributed by atoms with E-state index in [2.05, 4.69) is 61.2 Å². The summed E-state index contributed by atoms with van der Waals surface area (Å²) in [5, 5.41) is 4.90. The second-order valence-electron chi connectivity index (χ2n) is 7.88. The first-order chi connectivity index (χ1) is 14.6. The van der Waals surface area contributed by atoms with Crippen LogP contribution < -0.4 is 0 Å². The number of aryl methyl sites for hydroxylation is 3. The highest BCUT2D eigenvalue weighted by molar-refractivity contribution is 7.19. The Morgan fingerprint density at radius 2 is 1.77 bits per heavy atom. The average molecular weight is 420 g/mol. The number of hydrogen-bond donors (Lipinski definition) is 0. The molecule has 6 heteroatoms. The molecule has 0 aliphatic carbocycles. The number of hydrogen-bond acceptors (Lipinski definition) is 5. The molecule has 4 rings (SSSR count). The summed E-state index contributed by atoms with van der Waals surface area (Å²) in [6.45, 7) is 10.9. The van der Waals surface area contributed by atoms with Crippen LogP contribution in [0, 0.1) is 13.8 Å². The molecule has 4 aromatic rings. The summed E-state index contributed by atoms with van der Waals surface area (Å²) in [5.74, 6) is 0.499. The van der Waals surface area contributed by atoms with Crippen LogP contribution in [0.5, 0.6) is 0 Å². The van der Waals surface area contributed by atoms with Crippen molar-refractivity contribution in [3.8, 4) is 21.0 Å². The Kier molecular flexibility index (Phi) is 5.95. The van der Waals surface area contributed by atoms with Gasteiger partial charge in [-0.15, -0.1) is 11.3 Å². The maximum absolute atomic E-state index is 5.01. The largest absolute Gasteiger partial charge is 0.244 e. The molecule has 0 aromatic carbocycles. The molecule has 0 fully saturated rings. The highest BCUT2D eigenvalue weighted by Gasteiger charge is 2.23. The zero-order chi connectivity index (χ0) is 21.3. The third kappa shape index (κ3) is 3.65. The molecule has 0 amide bonds. The van der Waals surface area contributed by atoms with Crippen molar-refractivity contribution >= 4 is 17.0 Å². The smallest absolute Gasteiger partial charge is 0.158 e. The summed E-state index contributed by atoms with van der Waals surface area (Å²) in [7, 11) is 0. The molecule has 0 saturated heterocycles. The van der Waals surface area contributed by atoms with Crippen molar-refractivity contribution in [2.75, 3.05) is 0 Å². The molecule has 0 aliphatic heterocycles. The number of aromatic nitrogens is 5. The molecule has 0 aliphatic rings. The van der Waals surface area contributed by atoms with Crippen molar-refractivity contribution in [1.29, 1.82) is 0 Å². The first-order valence-corrected chi connectivity index (χ1v) is 11.6. The summed E-state index contributed by atoms with van der Waals surface area (Å²) in [4.78, 5) is 15.9. The molecule has 0 saturated carbocycles. The maximum Gasteiger partial charge on any atom is 0.158 e. The van der Waals surface area contributed by atoms with Crippen LogP contribution in [-0.4, -0.2) is 24.6 Å². The predicted octanol–water partition coefficient (Wildman–Crippen LogP) is 6.39. The maximum atomic E-state index is 5.01. The van der Waals surface area contributed by atoms with Gasteiger partial charge in [0.15, 0.2) is 5.65 Å². The third-order valence-corrected chi connectivity index (χ3v) is 6.96. The first-order valence-electron chi connectivity index (χ1n) is 10.8. The lowest BCUT2D eigenvalue weighted by Crippen LogP contribution is -2.05. The van der Waals surface area contributed by atoms with E-state index in [1.54, 1.807) is 17.7 Å². The minimum atomic E-state index is 0.499. The van der Waals surface area contributed by atoms with Crippen molar-refractivity contribution in [2.45, 2.75) is 66.2 Å². The summed E-state index contributed by atoms with van der Waals surface area (Å²) in [6.07, 6.45) is 9.67. The van der Waals surface area contributed by atoms with Crippen LogP contribution in [0.1, 0.15) is 68.5 Å². The summed E-state index contributed by atoms with van der Waals surface area (Å²) >= 11 is 1.79. The molecule has 0 N–H and O–H groups in total. The van der Waals surface area contributed by atoms with Gasteiger partial charge in [-0.05, 0) is 56.7 Å². The van der Waals surface area contributed by atoms with E-state index in [1.807, 2.05) is 12.4 Å². The Labute approximate surface area is 182 Å². The lowest BCUT2D eigenvalue weighted by atomic mass is 9.95. The predicted molar refractivity (Wildman–Crippen MR) is 124 cm³/mol. The first kappa shape index (κ1) is 20.7. The van der Waals surface area contributed by atoms with Gasteiger partial charge < -0.3 is 0 Å². The molecule has 0 bridgehead atoms. The van der Waals surface area contributed by atoms with Crippen LogP contribution in [-0.2, 0) is 6.42 Å². The Hall–Kier alpha value is -2.60. The minimum Gasteiger partial charge on any atom is -0.244 e. The zero-order valence-electron chi connectivity index (χ0n) is 18.4. The van der Waals surface area contributed by atoms with Crippen LogP contribution in [0.15, 0.2) is 30.9 Å². The summed E-state index contributed by atoms with van der Waals surface area (Å²) in [5.41, 5.74) is 7.91. The SMILES string of the molecule is CCCc1cc(-c2cncnc2)sc1-c1c(C)nc2c(C(CC)CC)cc(C)nn12. The van der Waals surface area contributed by atoms with E-state index >= 15 is 0 Å². The van der Waals surface area contributed by atoms with Crippen LogP contribution >= 0.6 is 11.3 Å². The normalized spacial score (nSPS) is 11.7. The van der Waals surface area contributed by atoms with Crippen LogP contribution in [0.4, 0.5) is 0 Å². The number of fused-ring (bicyclic) bond motifs is 1. The van der Waals surface area contributed by atoms with Gasteiger partial charge in [0.1, 0.15) is 12.0 Å². The Bertz CT molecular complexity index is 1160. The number of nitrogens with zero attached hydrogens (tertiary/aromatic N) is 5. The summed E-state index contributed by atoms with van der Waals surface area (Å²) < 4.78 is 2.09. The molecule has 30 heavy (non-hydrogen) atoms. The highest BCUT2D eigenvalue weighted by atomic mass is 32.1. The van der Waals surface area contributed by atoms with Crippen molar-refractivity contribution in [1.82, 2.24) is 24.6 Å². The number of rotatable bonds is 7. The van der Waals surface area contributed by atoms with Gasteiger partial charge in [0.25, 0.3) is 0 Å². The quantitative estimate of drug-likeness (QED) is 0.348. The van der Waals surface area contributed by atoms with Gasteiger partial charge >= 0.3 is 0 Å². The zero-order valence-corrected chi connectivity index (χ0v) is 19.3. The van der Waals surface area contributed by atoms with Crippen molar-refractivity contribution in [2.24, 2.45) is 0 Å². The van der Waals surface area contributed by atoms with E-state index in [4.69, 9.17) is 10.1 Å². The Morgan fingerprint density at radius 1 is 1.03 bits per heavy atom. The summed E-state index contributed by atoms with van der Waals surface area (Å²) in [6, 6.07) is 4.51. The van der Waals surface area contributed by atoms with E-state index in [9.17, 15) is 0 Å². The van der Waals surface area contributed by atoms with Crippen LogP contribution in [0.2, 0.25) is 0 Å². The van der Waals surface area contributed by atoms with Gasteiger partial charge in [0.05, 0.1) is 16.3 Å². The van der Waals surface area contributed by atoms with E-state index in [0.717, 1.165) is 54.0 Å². The highest BCUT2D eigenvalue weighted by Crippen LogP contribution is 2.40. The fourth-order valence-electron chi connectivity index (χ4n) is 4.22. The molecular formula is C24H29N5S. The fourth-order valence-corrected chi connectivity index (χ4v) is 5.49. The molecule has 4 heterocycles. The van der Waals surface area contributed by atoms with Gasteiger partial charge in [-0.2, -0.15) is 5.10 Å². The van der Waals surface area contributed by atoms with Crippen LogP contribution in [0.3, 0.4) is 0 Å². The van der Waals surface area contributed by atoms with Gasteiger partial charge in [0.2, 0.25) is 0 Å². The fraction of sp³-hybridized carbons (Fsp3) is 0.417. The lowest BCUT2D eigenvalue weighted by Gasteiger charge is -2.14. The van der Waals surface area contributed by atoms with E-state index in [0.29, 0.717) is 5.92 Å². The van der Waals surface area contributed by atoms with E-state index in [1.165, 1.54) is 20.9 Å². The van der Waals surface area contributed by atoms with Gasteiger partial charge in [-0.3, -0.25) is 0 Å². The van der Waals surface area contributed by atoms with Crippen molar-refractivity contribution in [3.05, 3.63) is 53.4 Å². The topological polar surface area (TPSA) is 56.0 Å². The molecular weight excluding hydrogens is 390 g/mol. The van der Waals surface area contributed by atoms with Crippen molar-refractivity contribution < 1.29 is 0 Å². The second kappa shape index (κ2) is 8.64. The average Bonchev–Trinajstić information content (AvgIpc) is 3.30. The lowest BCUT2D eigenvalue weighted by molar-refractivity contribution is 0.638. The van der Waals surface area contributed by atoms with E-state index < -0.39 is 0 Å². The molecule has 0 radical (unpaired) electrons. The van der Waals surface area contributed by atoms with Gasteiger partial charge in [0, 0.05) is 28.4 Å². The molecule has 0 spiro atoms. The number of thiophene rings is 1.